The quantitative estimate of drug-likeness (QED) is 0.0600. The Hall–Kier alpha value is -1.80. The molecule has 0 unspecified atom stereocenters. The fourth-order valence-electron chi connectivity index (χ4n) is 15.4. The highest BCUT2D eigenvalue weighted by Gasteiger charge is 2.85. The van der Waals surface area contributed by atoms with E-state index in [1.807, 2.05) is 0 Å². The lowest BCUT2D eigenvalue weighted by Gasteiger charge is -2.64. The molecule has 6 fully saturated rings. The number of nitro benzene ring substituents is 1. The van der Waals surface area contributed by atoms with Crippen molar-refractivity contribution in [3.05, 3.63) is 34.4 Å². The molecule has 12 atom stereocenters. The molecule has 6 aliphatic rings. The lowest BCUT2D eigenvalue weighted by molar-refractivity contribution is -0.384. The maximum atomic E-state index is 12.9. The molecule has 57 heavy (non-hydrogen) atoms. The third-order valence-corrected chi connectivity index (χ3v) is 28.3. The Kier molecular flexibility index (Phi) is 11.6. The van der Waals surface area contributed by atoms with Crippen molar-refractivity contribution >= 4 is 28.5 Å². The van der Waals surface area contributed by atoms with Gasteiger partial charge in [0, 0.05) is 17.5 Å². The number of carbonyl (C=O) groups is 1. The van der Waals surface area contributed by atoms with Crippen LogP contribution in [0.3, 0.4) is 0 Å². The molecule has 7 rings (SSSR count). The van der Waals surface area contributed by atoms with Crippen LogP contribution in [-0.4, -0.2) is 58.7 Å². The Morgan fingerprint density at radius 2 is 1.40 bits per heavy atom. The Balaban J connectivity index is 1.16. The first-order chi connectivity index (χ1) is 26.9. The second kappa shape index (κ2) is 15.3. The largest absolute Gasteiger partial charge is 0.513 e. The van der Waals surface area contributed by atoms with E-state index in [0.717, 1.165) is 24.6 Å². The summed E-state index contributed by atoms with van der Waals surface area (Å²) in [5, 5.41) is 11.1. The molecule has 1 aliphatic heterocycles. The molecular formula is C46H75NO8Si2. The maximum Gasteiger partial charge on any atom is 0.513 e. The van der Waals surface area contributed by atoms with Crippen LogP contribution in [0.2, 0.25) is 36.3 Å². The zero-order valence-electron chi connectivity index (χ0n) is 37.2. The predicted molar refractivity (Wildman–Crippen MR) is 229 cm³/mol. The zero-order chi connectivity index (χ0) is 41.4. The predicted octanol–water partition coefficient (Wildman–Crippen LogP) is 12.3. The average Bonchev–Trinajstić information content (AvgIpc) is 3.82. The van der Waals surface area contributed by atoms with Gasteiger partial charge in [-0.15, -0.1) is 0 Å². The Morgan fingerprint density at radius 3 is 2.00 bits per heavy atom. The summed E-state index contributed by atoms with van der Waals surface area (Å²) in [7, 11) is -3.79. The minimum atomic E-state index is -2.06. The Bertz CT molecular complexity index is 1630. The van der Waals surface area contributed by atoms with Crippen LogP contribution in [0.5, 0.6) is 5.75 Å². The fraction of sp³-hybridized carbons (Fsp3) is 0.848. The first-order valence-corrected chi connectivity index (χ1v) is 28.1. The van der Waals surface area contributed by atoms with Gasteiger partial charge in [0.25, 0.3) is 5.69 Å². The summed E-state index contributed by atoms with van der Waals surface area (Å²) < 4.78 is 33.7. The van der Waals surface area contributed by atoms with E-state index in [9.17, 15) is 14.9 Å². The average molecular weight is 826 g/mol. The minimum absolute atomic E-state index is 0.00524. The van der Waals surface area contributed by atoms with Crippen LogP contribution in [0.4, 0.5) is 10.5 Å². The van der Waals surface area contributed by atoms with Crippen LogP contribution in [0.15, 0.2) is 24.3 Å². The molecule has 1 heterocycles. The van der Waals surface area contributed by atoms with E-state index in [-0.39, 0.29) is 52.6 Å². The first kappa shape index (κ1) is 43.3. The van der Waals surface area contributed by atoms with Crippen LogP contribution in [0.25, 0.3) is 0 Å². The van der Waals surface area contributed by atoms with Gasteiger partial charge in [-0.2, -0.15) is 0 Å². The molecule has 320 valence electrons. The van der Waals surface area contributed by atoms with Crippen molar-refractivity contribution in [2.75, 3.05) is 6.61 Å². The van der Waals surface area contributed by atoms with Crippen molar-refractivity contribution in [3.63, 3.8) is 0 Å². The highest BCUT2D eigenvalue weighted by molar-refractivity contribution is 6.74. The summed E-state index contributed by atoms with van der Waals surface area (Å²) in [6, 6.07) is 12.4. The molecule has 0 aromatic heterocycles. The molecule has 1 saturated heterocycles. The lowest BCUT2D eigenvalue weighted by atomic mass is 9.41. The smallest absolute Gasteiger partial charge is 0.431 e. The summed E-state index contributed by atoms with van der Waals surface area (Å²) >= 11 is 0. The van der Waals surface area contributed by atoms with Crippen molar-refractivity contribution < 1.29 is 32.8 Å². The van der Waals surface area contributed by atoms with Gasteiger partial charge in [0.1, 0.15) is 12.4 Å². The van der Waals surface area contributed by atoms with Gasteiger partial charge in [-0.3, -0.25) is 10.1 Å². The van der Waals surface area contributed by atoms with Gasteiger partial charge in [-0.05, 0) is 145 Å². The summed E-state index contributed by atoms with van der Waals surface area (Å²) in [4.78, 5) is 23.5. The number of hydrogen-bond donors (Lipinski definition) is 0. The highest BCUT2D eigenvalue weighted by Crippen LogP contribution is 2.89. The number of nitro groups is 1. The number of benzene rings is 1. The molecule has 0 radical (unpaired) electrons. The second-order valence-corrected chi connectivity index (χ2v) is 30.2. The van der Waals surface area contributed by atoms with Crippen molar-refractivity contribution in [2.45, 2.75) is 188 Å². The molecule has 11 heteroatoms. The summed E-state index contributed by atoms with van der Waals surface area (Å²) in [6.45, 7) is 27.2. The van der Waals surface area contributed by atoms with E-state index in [4.69, 9.17) is 23.1 Å². The van der Waals surface area contributed by atoms with Gasteiger partial charge in [0.05, 0.1) is 29.3 Å². The second-order valence-electron chi connectivity index (χ2n) is 20.7. The first-order valence-electron chi connectivity index (χ1n) is 23.0. The van der Waals surface area contributed by atoms with Crippen LogP contribution >= 0.6 is 0 Å². The van der Waals surface area contributed by atoms with E-state index in [0.29, 0.717) is 40.6 Å². The van der Waals surface area contributed by atoms with Crippen LogP contribution in [0.1, 0.15) is 128 Å². The van der Waals surface area contributed by atoms with E-state index < -0.39 is 27.7 Å². The Morgan fingerprint density at radius 1 is 0.825 bits per heavy atom. The van der Waals surface area contributed by atoms with E-state index in [1.165, 1.54) is 87.3 Å². The molecule has 0 N–H and O–H groups in total. The van der Waals surface area contributed by atoms with Gasteiger partial charge >= 0.3 is 6.16 Å². The standard InChI is InChI=1S/C46H75NO8Si2/c1-12-56(13-2,14-3)54-37-24-25-45-30-46(45)27-26-43(10)38-31(7)28-34(29-51-41(48)53-33-20-18-32(19-21-33)47(49)50)52-39(38)40(55-57(15-4,16-5)17-6)44(43,11)36(46)23-22-35(45)42(37,8)9/h18-21,31,34-40H,12-17,22-30H2,1-11H3/t31-,34-,35+,36+,37+,38+,39+,40+,43-,44-,45-,46+/m1/s1. The van der Waals surface area contributed by atoms with Crippen molar-refractivity contribution in [1.29, 1.82) is 0 Å². The highest BCUT2D eigenvalue weighted by atomic mass is 28.4. The maximum absolute atomic E-state index is 12.9. The van der Waals surface area contributed by atoms with Crippen molar-refractivity contribution in [2.24, 2.45) is 50.7 Å². The van der Waals surface area contributed by atoms with Crippen LogP contribution < -0.4 is 4.74 Å². The molecule has 0 amide bonds. The molecule has 0 bridgehead atoms. The number of nitrogens with zero attached hydrogens (tertiary/aromatic N) is 1. The van der Waals surface area contributed by atoms with Crippen LogP contribution in [-0.2, 0) is 18.3 Å². The third kappa shape index (κ3) is 6.46. The van der Waals surface area contributed by atoms with Gasteiger partial charge in [0.2, 0.25) is 0 Å². The summed E-state index contributed by atoms with van der Waals surface area (Å²) in [5.74, 6) is 2.26. The number of rotatable bonds is 14. The fourth-order valence-corrected chi connectivity index (χ4v) is 21.3. The molecular weight excluding hydrogens is 751 g/mol. The number of hydrogen-bond acceptors (Lipinski definition) is 8. The van der Waals surface area contributed by atoms with Crippen molar-refractivity contribution in [1.82, 2.24) is 0 Å². The zero-order valence-corrected chi connectivity index (χ0v) is 39.2. The van der Waals surface area contributed by atoms with Crippen LogP contribution in [0, 0.1) is 60.9 Å². The molecule has 5 aliphatic carbocycles. The molecule has 5 saturated carbocycles. The number of non-ortho nitro benzene ring substituents is 1. The van der Waals surface area contributed by atoms with Crippen molar-refractivity contribution in [3.8, 4) is 5.75 Å². The van der Waals surface area contributed by atoms with Gasteiger partial charge in [0.15, 0.2) is 16.6 Å². The van der Waals surface area contributed by atoms with Gasteiger partial charge < -0.3 is 23.1 Å². The Labute approximate surface area is 345 Å². The van der Waals surface area contributed by atoms with Gasteiger partial charge in [-0.1, -0.05) is 76.2 Å². The minimum Gasteiger partial charge on any atom is -0.431 e. The molecule has 1 aromatic carbocycles. The summed E-state index contributed by atoms with van der Waals surface area (Å²) in [6.07, 6.45) is 9.04. The number of fused-ring (bicyclic) bond motifs is 4. The molecule has 1 aromatic rings. The topological polar surface area (TPSA) is 106 Å². The molecule has 9 nitrogen and oxygen atoms in total. The summed E-state index contributed by atoms with van der Waals surface area (Å²) in [5.41, 5.74) is 0.918. The number of ether oxygens (including phenoxy) is 3. The van der Waals surface area contributed by atoms with E-state index in [1.54, 1.807) is 0 Å². The van der Waals surface area contributed by atoms with E-state index >= 15 is 0 Å². The SMILES string of the molecule is CC[Si](CC)(CC)O[C@H]1CC[C@]23C[C@]24CC[C@]2(C)[C@@H]5[C@H](O[C@@H](COC(=O)Oc6ccc([N+](=O)[O-])cc6)C[C@H]5C)[C@H](O[Si](CC)(CC)CC)[C@@]2(C)[C@@H]4CC[C@H]3C1(C)C. The third-order valence-electron chi connectivity index (χ3n) is 19.0. The monoisotopic (exact) mass is 826 g/mol. The lowest BCUT2D eigenvalue weighted by Crippen LogP contribution is -2.61. The van der Waals surface area contributed by atoms with Gasteiger partial charge in [-0.25, -0.2) is 4.79 Å². The van der Waals surface area contributed by atoms with E-state index in [2.05, 4.69) is 76.2 Å². The normalized spacial score (nSPS) is 40.5. The number of carbonyl (C=O) groups excluding carboxylic acids is 1. The molecule has 2 spiro atoms.